The van der Waals surface area contributed by atoms with Crippen LogP contribution in [-0.4, -0.2) is 78.2 Å². The first-order chi connectivity index (χ1) is 19.0. The summed E-state index contributed by atoms with van der Waals surface area (Å²) in [6, 6.07) is 1.47. The highest BCUT2D eigenvalue weighted by molar-refractivity contribution is 6.76. The average Bonchev–Trinajstić information content (AvgIpc) is 2.88. The molecule has 2 aromatic heterocycles. The van der Waals surface area contributed by atoms with Gasteiger partial charge in [-0.3, -0.25) is 4.79 Å². The van der Waals surface area contributed by atoms with E-state index in [9.17, 15) is 35.9 Å². The van der Waals surface area contributed by atoms with Crippen molar-refractivity contribution in [3.8, 4) is 0 Å². The Bertz CT molecular complexity index is 1230. The first kappa shape index (κ1) is 32.3. The van der Waals surface area contributed by atoms with E-state index in [-0.39, 0.29) is 57.3 Å². The van der Waals surface area contributed by atoms with Gasteiger partial charge in [0.2, 0.25) is 5.95 Å². The van der Waals surface area contributed by atoms with Crippen LogP contribution in [0.25, 0.3) is 0 Å². The number of piperazine rings is 1. The van der Waals surface area contributed by atoms with Crippen LogP contribution >= 0.6 is 0 Å². The zero-order valence-corrected chi connectivity index (χ0v) is 23.9. The van der Waals surface area contributed by atoms with Crippen LogP contribution in [0, 0.1) is 0 Å². The average molecular weight is 611 g/mol. The molecule has 17 heteroatoms. The lowest BCUT2D eigenvalue weighted by Crippen LogP contribution is -2.49. The van der Waals surface area contributed by atoms with Gasteiger partial charge in [-0.15, -0.1) is 0 Å². The minimum atomic E-state index is -4.87. The van der Waals surface area contributed by atoms with Crippen LogP contribution in [-0.2, 0) is 35.0 Å². The molecule has 0 unspecified atom stereocenters. The molecule has 0 saturated carbocycles. The van der Waals surface area contributed by atoms with Gasteiger partial charge in [0.15, 0.2) is 0 Å². The Morgan fingerprint density at radius 3 is 2.17 bits per heavy atom. The maximum Gasteiger partial charge on any atom is 0.421 e. The summed E-state index contributed by atoms with van der Waals surface area (Å²) in [7, 11) is -1.43. The summed E-state index contributed by atoms with van der Waals surface area (Å²) in [5.74, 6) is 0.111. The molecule has 1 aliphatic heterocycles. The Morgan fingerprint density at radius 1 is 0.976 bits per heavy atom. The van der Waals surface area contributed by atoms with E-state index < -0.39 is 49.9 Å². The number of carbonyl (C=O) groups excluding carboxylic acids is 1. The number of carbonyl (C=O) groups is 1. The predicted octanol–water partition coefficient (Wildman–Crippen LogP) is 4.27. The molecule has 41 heavy (non-hydrogen) atoms. The first-order valence-corrected chi connectivity index (χ1v) is 16.6. The van der Waals surface area contributed by atoms with Gasteiger partial charge >= 0.3 is 18.4 Å². The standard InChI is InChI=1S/C24H32F6N6O4Si/c1-41(2,3)12-11-39-16-36-20(37)19(24(28,29)30)13-18(33-36)5-4-10-40-22(38)35-8-6-34(7-9-35)21-31-14-17(15-32-21)23(25,26)27/h13-15H,4-12,16H2,1-3H3. The van der Waals surface area contributed by atoms with Crippen molar-refractivity contribution in [1.82, 2.24) is 24.6 Å². The molecule has 10 nitrogen and oxygen atoms in total. The van der Waals surface area contributed by atoms with Crippen molar-refractivity contribution < 1.29 is 40.6 Å². The number of anilines is 1. The quantitative estimate of drug-likeness (QED) is 0.223. The van der Waals surface area contributed by atoms with Gasteiger partial charge in [-0.1, -0.05) is 19.6 Å². The molecule has 0 aliphatic carbocycles. The lowest BCUT2D eigenvalue weighted by Gasteiger charge is -2.34. The van der Waals surface area contributed by atoms with E-state index in [1.807, 2.05) is 0 Å². The monoisotopic (exact) mass is 610 g/mol. The van der Waals surface area contributed by atoms with Crippen molar-refractivity contribution in [3.05, 3.63) is 45.6 Å². The fourth-order valence-corrected chi connectivity index (χ4v) is 4.52. The van der Waals surface area contributed by atoms with E-state index in [0.717, 1.165) is 6.04 Å². The number of hydrogen-bond acceptors (Lipinski definition) is 8. The fourth-order valence-electron chi connectivity index (χ4n) is 3.76. The minimum Gasteiger partial charge on any atom is -0.449 e. The molecule has 0 N–H and O–H groups in total. The third-order valence-corrected chi connectivity index (χ3v) is 7.83. The Balaban J connectivity index is 1.49. The molecule has 0 aromatic carbocycles. The van der Waals surface area contributed by atoms with Crippen LogP contribution in [0.5, 0.6) is 0 Å². The van der Waals surface area contributed by atoms with Gasteiger partial charge in [0.1, 0.15) is 12.3 Å². The lowest BCUT2D eigenvalue weighted by atomic mass is 10.2. The maximum absolute atomic E-state index is 13.4. The lowest BCUT2D eigenvalue weighted by molar-refractivity contribution is -0.139. The molecule has 0 spiro atoms. The van der Waals surface area contributed by atoms with Crippen molar-refractivity contribution in [1.29, 1.82) is 0 Å². The second-order valence-corrected chi connectivity index (χ2v) is 16.3. The molecule has 3 rings (SSSR count). The summed E-state index contributed by atoms with van der Waals surface area (Å²) in [6.07, 6.45) is -8.47. The van der Waals surface area contributed by atoms with Gasteiger partial charge in [0.05, 0.1) is 17.9 Å². The van der Waals surface area contributed by atoms with Crippen molar-refractivity contribution in [3.63, 3.8) is 0 Å². The molecule has 1 aliphatic rings. The maximum atomic E-state index is 13.4. The number of amides is 1. The van der Waals surface area contributed by atoms with Gasteiger partial charge in [0, 0.05) is 53.3 Å². The highest BCUT2D eigenvalue weighted by atomic mass is 28.3. The Labute approximate surface area is 233 Å². The second kappa shape index (κ2) is 13.2. The summed E-state index contributed by atoms with van der Waals surface area (Å²) >= 11 is 0. The molecular formula is C24H32F6N6O4Si. The van der Waals surface area contributed by atoms with Crippen molar-refractivity contribution in [2.24, 2.45) is 0 Å². The molecule has 228 valence electrons. The van der Waals surface area contributed by atoms with E-state index >= 15 is 0 Å². The summed E-state index contributed by atoms with van der Waals surface area (Å²) in [5.41, 5.74) is -3.59. The largest absolute Gasteiger partial charge is 0.449 e. The van der Waals surface area contributed by atoms with Crippen molar-refractivity contribution >= 4 is 20.1 Å². The van der Waals surface area contributed by atoms with Crippen LogP contribution in [0.4, 0.5) is 37.1 Å². The zero-order valence-electron chi connectivity index (χ0n) is 22.9. The van der Waals surface area contributed by atoms with E-state index in [0.29, 0.717) is 29.7 Å². The van der Waals surface area contributed by atoms with Crippen LogP contribution in [0.15, 0.2) is 23.3 Å². The molecule has 0 bridgehead atoms. The van der Waals surface area contributed by atoms with E-state index in [1.165, 1.54) is 4.90 Å². The SMILES string of the molecule is C[Si](C)(C)CCOCn1nc(CCCOC(=O)N2CCN(c3ncc(C(F)(F)F)cn3)CC2)cc(C(F)(F)F)c1=O. The van der Waals surface area contributed by atoms with E-state index in [1.54, 1.807) is 4.90 Å². The Kier molecular flexibility index (Phi) is 10.4. The molecule has 2 aromatic rings. The zero-order chi connectivity index (χ0) is 30.4. The molecule has 0 atom stereocenters. The number of aromatic nitrogens is 4. The van der Waals surface area contributed by atoms with Crippen LogP contribution in [0.2, 0.25) is 25.7 Å². The number of hydrogen-bond donors (Lipinski definition) is 0. The number of ether oxygens (including phenoxy) is 2. The third kappa shape index (κ3) is 9.69. The second-order valence-electron chi connectivity index (χ2n) is 10.7. The fraction of sp³-hybridized carbons (Fsp3) is 0.625. The number of alkyl halides is 6. The first-order valence-electron chi connectivity index (χ1n) is 12.9. The molecule has 1 fully saturated rings. The van der Waals surface area contributed by atoms with Gasteiger partial charge in [-0.05, 0) is 25.0 Å². The molecule has 0 radical (unpaired) electrons. The highest BCUT2D eigenvalue weighted by Crippen LogP contribution is 2.29. The summed E-state index contributed by atoms with van der Waals surface area (Å²) in [5, 5.41) is 4.00. The van der Waals surface area contributed by atoms with Crippen LogP contribution in [0.3, 0.4) is 0 Å². The molecule has 1 amide bonds. The predicted molar refractivity (Wildman–Crippen MR) is 138 cm³/mol. The topological polar surface area (TPSA) is 103 Å². The van der Waals surface area contributed by atoms with Gasteiger partial charge in [-0.25, -0.2) is 19.4 Å². The normalized spacial score (nSPS) is 14.9. The van der Waals surface area contributed by atoms with Gasteiger partial charge in [0.25, 0.3) is 5.56 Å². The van der Waals surface area contributed by atoms with Crippen LogP contribution in [0.1, 0.15) is 23.2 Å². The highest BCUT2D eigenvalue weighted by Gasteiger charge is 2.36. The number of aryl methyl sites for hydroxylation is 1. The van der Waals surface area contributed by atoms with Crippen LogP contribution < -0.4 is 10.5 Å². The molecular weight excluding hydrogens is 578 g/mol. The Morgan fingerprint density at radius 2 is 1.61 bits per heavy atom. The van der Waals surface area contributed by atoms with E-state index in [4.69, 9.17) is 9.47 Å². The van der Waals surface area contributed by atoms with Crippen molar-refractivity contribution in [2.75, 3.05) is 44.3 Å². The smallest absolute Gasteiger partial charge is 0.421 e. The molecule has 3 heterocycles. The summed E-state index contributed by atoms with van der Waals surface area (Å²) in [4.78, 5) is 35.2. The Hall–Kier alpha value is -3.21. The third-order valence-electron chi connectivity index (χ3n) is 6.13. The summed E-state index contributed by atoms with van der Waals surface area (Å²) in [6.45, 7) is 7.12. The minimum absolute atomic E-state index is 0.00641. The number of halogens is 6. The van der Waals surface area contributed by atoms with Crippen molar-refractivity contribution in [2.45, 2.75) is 57.6 Å². The number of nitrogens with zero attached hydrogens (tertiary/aromatic N) is 6. The van der Waals surface area contributed by atoms with E-state index in [2.05, 4.69) is 34.7 Å². The summed E-state index contributed by atoms with van der Waals surface area (Å²) < 4.78 is 89.7. The number of rotatable bonds is 10. The van der Waals surface area contributed by atoms with Gasteiger partial charge < -0.3 is 19.3 Å². The molecule has 1 saturated heterocycles. The van der Waals surface area contributed by atoms with Gasteiger partial charge in [-0.2, -0.15) is 31.4 Å².